The zero-order valence-corrected chi connectivity index (χ0v) is 11.5. The zero-order valence-electron chi connectivity index (χ0n) is 11.5. The second kappa shape index (κ2) is 6.27. The molecule has 1 aromatic carbocycles. The van der Waals surface area contributed by atoms with E-state index in [0.29, 0.717) is 24.5 Å². The van der Waals surface area contributed by atoms with Crippen LogP contribution in [0.25, 0.3) is 0 Å². The number of nitrogens with zero attached hydrogens (tertiary/aromatic N) is 2. The summed E-state index contributed by atoms with van der Waals surface area (Å²) in [5, 5.41) is 13.6. The summed E-state index contributed by atoms with van der Waals surface area (Å²) < 4.78 is 4.56. The number of alkyl carbamates (subject to hydrolysis) is 1. The second-order valence-electron chi connectivity index (χ2n) is 4.71. The third kappa shape index (κ3) is 3.51. The Morgan fingerprint density at radius 2 is 2.29 bits per heavy atom. The van der Waals surface area contributed by atoms with Crippen LogP contribution in [0.1, 0.15) is 6.42 Å². The largest absolute Gasteiger partial charge is 0.453 e. The Hall–Kier alpha value is -2.55. The molecule has 1 amide bonds. The molecule has 1 saturated heterocycles. The predicted molar refractivity (Wildman–Crippen MR) is 77.1 cm³/mol. The van der Waals surface area contributed by atoms with Crippen molar-refractivity contribution in [1.82, 2.24) is 5.32 Å². The highest BCUT2D eigenvalue weighted by Crippen LogP contribution is 2.28. The fourth-order valence-electron chi connectivity index (χ4n) is 2.30. The number of nitrogens with one attached hydrogen (secondary N) is 2. The average molecular weight is 295 g/mol. The lowest BCUT2D eigenvalue weighted by Crippen LogP contribution is -2.36. The Labute approximate surface area is 121 Å². The van der Waals surface area contributed by atoms with E-state index >= 15 is 0 Å². The predicted octanol–water partition coefficient (Wildman–Crippen LogP) is 0.815. The van der Waals surface area contributed by atoms with Gasteiger partial charge in [-0.3, -0.25) is 16.0 Å². The number of amides is 1. The summed E-state index contributed by atoms with van der Waals surface area (Å²) in [6.45, 7) is 1.24. The maximum atomic E-state index is 11.2. The van der Waals surface area contributed by atoms with E-state index in [9.17, 15) is 14.9 Å². The summed E-state index contributed by atoms with van der Waals surface area (Å²) >= 11 is 0. The minimum absolute atomic E-state index is 0.0372. The summed E-state index contributed by atoms with van der Waals surface area (Å²) in [5.74, 6) is 5.33. The first-order valence-corrected chi connectivity index (χ1v) is 6.39. The Kier molecular flexibility index (Phi) is 4.43. The van der Waals surface area contributed by atoms with Gasteiger partial charge in [-0.1, -0.05) is 0 Å². The first kappa shape index (κ1) is 14.9. The molecule has 4 N–H and O–H groups in total. The van der Waals surface area contributed by atoms with Crippen LogP contribution in [0.5, 0.6) is 0 Å². The molecular weight excluding hydrogens is 278 g/mol. The molecule has 0 spiro atoms. The van der Waals surface area contributed by atoms with E-state index in [2.05, 4.69) is 15.5 Å². The second-order valence-corrected chi connectivity index (χ2v) is 4.71. The number of nitro groups is 1. The molecule has 0 radical (unpaired) electrons. The topological polar surface area (TPSA) is 123 Å². The van der Waals surface area contributed by atoms with Crippen molar-refractivity contribution < 1.29 is 14.5 Å². The standard InChI is InChI=1S/C12H17N5O4/c1-21-12(18)14-8-2-3-16(7-8)10-4-9(15-13)5-11(6-10)17(19)20/h4-6,8,15H,2-3,7,13H2,1H3,(H,14,18). The fraction of sp³-hybridized carbons (Fsp3) is 0.417. The minimum atomic E-state index is -0.481. The van der Waals surface area contributed by atoms with Crippen LogP contribution in [-0.4, -0.2) is 37.3 Å². The molecule has 1 heterocycles. The lowest BCUT2D eigenvalue weighted by molar-refractivity contribution is -0.384. The van der Waals surface area contributed by atoms with E-state index in [0.717, 1.165) is 6.42 Å². The maximum absolute atomic E-state index is 11.2. The van der Waals surface area contributed by atoms with Gasteiger partial charge in [-0.05, 0) is 12.5 Å². The van der Waals surface area contributed by atoms with Gasteiger partial charge in [0.05, 0.1) is 23.8 Å². The van der Waals surface area contributed by atoms with Gasteiger partial charge in [0, 0.05) is 30.9 Å². The van der Waals surface area contributed by atoms with Crippen LogP contribution < -0.4 is 21.5 Å². The zero-order chi connectivity index (χ0) is 15.4. The molecule has 1 aliphatic heterocycles. The molecule has 114 valence electrons. The van der Waals surface area contributed by atoms with Gasteiger partial charge >= 0.3 is 6.09 Å². The van der Waals surface area contributed by atoms with Crippen LogP contribution in [0, 0.1) is 10.1 Å². The quantitative estimate of drug-likeness (QED) is 0.427. The Morgan fingerprint density at radius 3 is 2.90 bits per heavy atom. The molecule has 1 fully saturated rings. The summed E-state index contributed by atoms with van der Waals surface area (Å²) in [5.41, 5.74) is 3.53. The third-order valence-corrected chi connectivity index (χ3v) is 3.34. The van der Waals surface area contributed by atoms with Crippen LogP contribution in [0.2, 0.25) is 0 Å². The van der Waals surface area contributed by atoms with Gasteiger partial charge < -0.3 is 20.4 Å². The van der Waals surface area contributed by atoms with Crippen molar-refractivity contribution in [3.05, 3.63) is 28.3 Å². The molecule has 1 atom stereocenters. The van der Waals surface area contributed by atoms with Gasteiger partial charge in [0.25, 0.3) is 5.69 Å². The number of non-ortho nitro benzene ring substituents is 1. The van der Waals surface area contributed by atoms with Gasteiger partial charge in [0.2, 0.25) is 0 Å². The Balaban J connectivity index is 2.13. The van der Waals surface area contributed by atoms with Gasteiger partial charge in [0.15, 0.2) is 0 Å². The molecule has 9 nitrogen and oxygen atoms in total. The molecule has 1 aromatic rings. The highest BCUT2D eigenvalue weighted by atomic mass is 16.6. The van der Waals surface area contributed by atoms with Gasteiger partial charge in [0.1, 0.15) is 0 Å². The van der Waals surface area contributed by atoms with Crippen LogP contribution in [0.4, 0.5) is 21.9 Å². The fourth-order valence-corrected chi connectivity index (χ4v) is 2.30. The van der Waals surface area contributed by atoms with E-state index in [1.807, 2.05) is 4.90 Å². The smallest absolute Gasteiger partial charge is 0.407 e. The average Bonchev–Trinajstić information content (AvgIpc) is 2.94. The number of nitro benzene ring substituents is 1. The molecule has 1 aliphatic rings. The number of carbonyl (C=O) groups is 1. The van der Waals surface area contributed by atoms with E-state index < -0.39 is 11.0 Å². The maximum Gasteiger partial charge on any atom is 0.407 e. The van der Waals surface area contributed by atoms with E-state index in [1.54, 1.807) is 6.07 Å². The summed E-state index contributed by atoms with van der Waals surface area (Å²) in [4.78, 5) is 23.6. The summed E-state index contributed by atoms with van der Waals surface area (Å²) in [7, 11) is 1.31. The molecular formula is C12H17N5O4. The van der Waals surface area contributed by atoms with Crippen molar-refractivity contribution in [2.75, 3.05) is 30.5 Å². The van der Waals surface area contributed by atoms with E-state index in [4.69, 9.17) is 5.84 Å². The summed E-state index contributed by atoms with van der Waals surface area (Å²) in [6, 6.07) is 4.53. The number of carbonyl (C=O) groups excluding carboxylic acids is 1. The van der Waals surface area contributed by atoms with Crippen molar-refractivity contribution >= 4 is 23.2 Å². The SMILES string of the molecule is COC(=O)NC1CCN(c2cc(NN)cc([N+](=O)[O-])c2)C1. The monoisotopic (exact) mass is 295 g/mol. The molecule has 0 bridgehead atoms. The Morgan fingerprint density at radius 1 is 1.52 bits per heavy atom. The number of anilines is 2. The number of nitrogen functional groups attached to an aromatic ring is 1. The lowest BCUT2D eigenvalue weighted by atomic mass is 10.2. The van der Waals surface area contributed by atoms with Crippen LogP contribution >= 0.6 is 0 Å². The molecule has 0 saturated carbocycles. The minimum Gasteiger partial charge on any atom is -0.453 e. The van der Waals surface area contributed by atoms with Crippen molar-refractivity contribution in [3.8, 4) is 0 Å². The van der Waals surface area contributed by atoms with Gasteiger partial charge in [-0.15, -0.1) is 0 Å². The summed E-state index contributed by atoms with van der Waals surface area (Å²) in [6.07, 6.45) is 0.258. The van der Waals surface area contributed by atoms with Crippen LogP contribution in [0.15, 0.2) is 18.2 Å². The number of hydrogen-bond acceptors (Lipinski definition) is 7. The van der Waals surface area contributed by atoms with Crippen molar-refractivity contribution in [1.29, 1.82) is 0 Å². The van der Waals surface area contributed by atoms with Crippen LogP contribution in [-0.2, 0) is 4.74 Å². The number of hydrogen-bond donors (Lipinski definition) is 3. The van der Waals surface area contributed by atoms with Crippen molar-refractivity contribution in [2.45, 2.75) is 12.5 Å². The van der Waals surface area contributed by atoms with E-state index in [-0.39, 0.29) is 11.7 Å². The van der Waals surface area contributed by atoms with Gasteiger partial charge in [-0.25, -0.2) is 4.79 Å². The number of nitrogens with two attached hydrogens (primary N) is 1. The number of rotatable bonds is 4. The van der Waals surface area contributed by atoms with E-state index in [1.165, 1.54) is 19.2 Å². The lowest BCUT2D eigenvalue weighted by Gasteiger charge is -2.19. The van der Waals surface area contributed by atoms with Crippen molar-refractivity contribution in [2.24, 2.45) is 5.84 Å². The Bertz CT molecular complexity index is 550. The third-order valence-electron chi connectivity index (χ3n) is 3.34. The van der Waals surface area contributed by atoms with Gasteiger partial charge in [-0.2, -0.15) is 0 Å². The number of ether oxygens (including phenoxy) is 1. The molecule has 21 heavy (non-hydrogen) atoms. The molecule has 2 rings (SSSR count). The molecule has 9 heteroatoms. The molecule has 0 aromatic heterocycles. The number of benzene rings is 1. The first-order chi connectivity index (χ1) is 10.0. The first-order valence-electron chi connectivity index (χ1n) is 6.39. The normalized spacial score (nSPS) is 17.4. The number of hydrazine groups is 1. The molecule has 0 aliphatic carbocycles. The number of methoxy groups -OCH3 is 1. The molecule has 1 unspecified atom stereocenters. The van der Waals surface area contributed by atoms with Crippen molar-refractivity contribution in [3.63, 3.8) is 0 Å². The highest BCUT2D eigenvalue weighted by Gasteiger charge is 2.25. The highest BCUT2D eigenvalue weighted by molar-refractivity contribution is 5.68. The van der Waals surface area contributed by atoms with Crippen LogP contribution in [0.3, 0.4) is 0 Å².